The Balaban J connectivity index is 1.44. The van der Waals surface area contributed by atoms with Gasteiger partial charge in [0.15, 0.2) is 0 Å². The van der Waals surface area contributed by atoms with Gasteiger partial charge in [-0.2, -0.15) is 0 Å². The van der Waals surface area contributed by atoms with Crippen molar-refractivity contribution in [2.75, 3.05) is 11.9 Å². The van der Waals surface area contributed by atoms with E-state index in [1.54, 1.807) is 6.08 Å². The van der Waals surface area contributed by atoms with Gasteiger partial charge in [-0.15, -0.1) is 0 Å². The lowest BCUT2D eigenvalue weighted by molar-refractivity contribution is -0.249. The van der Waals surface area contributed by atoms with Crippen LogP contribution in [0, 0.1) is 28.6 Å². The Kier molecular flexibility index (Phi) is 5.61. The fourth-order valence-electron chi connectivity index (χ4n) is 8.64. The summed E-state index contributed by atoms with van der Waals surface area (Å²) in [5.74, 6) is -0.792. The van der Waals surface area contributed by atoms with Crippen LogP contribution in [0.3, 0.4) is 0 Å². The van der Waals surface area contributed by atoms with Gasteiger partial charge in [-0.1, -0.05) is 22.9 Å². The lowest BCUT2D eigenvalue weighted by Crippen LogP contribution is -2.69. The maximum absolute atomic E-state index is 12.7. The summed E-state index contributed by atoms with van der Waals surface area (Å²) in [4.78, 5) is 36.2. The van der Waals surface area contributed by atoms with Crippen LogP contribution in [0.25, 0.3) is 0 Å². The van der Waals surface area contributed by atoms with E-state index in [4.69, 9.17) is 9.47 Å². The number of fused-ring (bicyclic) bond motifs is 5. The minimum absolute atomic E-state index is 0.0855. The second-order valence-electron chi connectivity index (χ2n) is 11.2. The average molecular weight is 525 g/mol. The first-order chi connectivity index (χ1) is 15.6. The summed E-state index contributed by atoms with van der Waals surface area (Å²) in [5, 5.41) is 24.1. The Labute approximate surface area is 202 Å². The SMILES string of the molecule is CC12CC[C@H]3[C@@H](CCC4(O)CC(OC(=O)CBr)CCC34C=O)C1(O)CCC2C1=CC(=O)OC1. The largest absolute Gasteiger partial charge is 0.462 e. The van der Waals surface area contributed by atoms with E-state index in [1.807, 2.05) is 0 Å². The number of ether oxygens (including phenoxy) is 2. The summed E-state index contributed by atoms with van der Waals surface area (Å²) in [5.41, 5.74) is -2.54. The molecule has 8 atom stereocenters. The van der Waals surface area contributed by atoms with Gasteiger partial charge >= 0.3 is 11.9 Å². The molecular formula is C25H33BrO7. The third kappa shape index (κ3) is 3.16. The van der Waals surface area contributed by atoms with Crippen LogP contribution >= 0.6 is 15.9 Å². The van der Waals surface area contributed by atoms with E-state index < -0.39 is 28.1 Å². The first kappa shape index (κ1) is 23.5. The fourth-order valence-corrected chi connectivity index (χ4v) is 8.77. The Hall–Kier alpha value is -1.25. The van der Waals surface area contributed by atoms with Crippen molar-refractivity contribution in [3.05, 3.63) is 11.6 Å². The van der Waals surface area contributed by atoms with Gasteiger partial charge in [-0.3, -0.25) is 4.79 Å². The second-order valence-corrected chi connectivity index (χ2v) is 11.8. The number of hydrogen-bond donors (Lipinski definition) is 2. The Morgan fingerprint density at radius 2 is 1.94 bits per heavy atom. The lowest BCUT2D eigenvalue weighted by Gasteiger charge is -2.65. The van der Waals surface area contributed by atoms with Crippen molar-refractivity contribution in [1.29, 1.82) is 0 Å². The number of carbonyl (C=O) groups is 3. The molecule has 7 nitrogen and oxygen atoms in total. The first-order valence-electron chi connectivity index (χ1n) is 12.2. The smallest absolute Gasteiger partial charge is 0.331 e. The number of alkyl halides is 1. The molecule has 6 unspecified atom stereocenters. The van der Waals surface area contributed by atoms with Gasteiger partial charge in [0, 0.05) is 17.9 Å². The topological polar surface area (TPSA) is 110 Å². The molecule has 0 aromatic heterocycles. The zero-order valence-electron chi connectivity index (χ0n) is 19.1. The summed E-state index contributed by atoms with van der Waals surface area (Å²) < 4.78 is 10.7. The van der Waals surface area contributed by atoms with E-state index in [2.05, 4.69) is 22.9 Å². The number of hydrogen-bond acceptors (Lipinski definition) is 7. The monoisotopic (exact) mass is 524 g/mol. The average Bonchev–Trinajstić information content (AvgIpc) is 3.33. The standard InChI is InChI=1S/C25H33BrO7/c1-22-6-3-18-19(25(22,31)9-5-17(22)15-10-20(28)32-13-15)4-8-24(30)11-16(33-21(29)12-26)2-7-23(18,24)14-27/h10,14,16-19,30-31H,2-9,11-13H2,1H3/t16?,17?,18-,19+,22?,23?,24?,25?/m0/s1. The van der Waals surface area contributed by atoms with Crippen molar-refractivity contribution in [2.45, 2.75) is 82.0 Å². The maximum Gasteiger partial charge on any atom is 0.331 e. The van der Waals surface area contributed by atoms with E-state index in [9.17, 15) is 24.6 Å². The second kappa shape index (κ2) is 7.89. The minimum Gasteiger partial charge on any atom is -0.462 e. The minimum atomic E-state index is -1.23. The maximum atomic E-state index is 12.7. The third-order valence-corrected chi connectivity index (χ3v) is 10.7. The molecule has 0 aromatic rings. The number of rotatable bonds is 4. The molecule has 8 heteroatoms. The van der Waals surface area contributed by atoms with Crippen LogP contribution in [0.2, 0.25) is 0 Å². The van der Waals surface area contributed by atoms with E-state index in [-0.39, 0.29) is 41.4 Å². The molecular weight excluding hydrogens is 492 g/mol. The van der Waals surface area contributed by atoms with E-state index in [0.717, 1.165) is 31.1 Å². The Bertz CT molecular complexity index is 903. The highest BCUT2D eigenvalue weighted by atomic mass is 79.9. The molecule has 2 N–H and O–H groups in total. The van der Waals surface area contributed by atoms with Crippen LogP contribution in [0.1, 0.15) is 64.7 Å². The van der Waals surface area contributed by atoms with Crippen LogP contribution < -0.4 is 0 Å². The number of esters is 2. The summed E-state index contributed by atoms with van der Waals surface area (Å²) in [6, 6.07) is 0. The number of halogens is 1. The van der Waals surface area contributed by atoms with Crippen LogP contribution in [0.4, 0.5) is 0 Å². The predicted octanol–water partition coefficient (Wildman–Crippen LogP) is 2.84. The molecule has 33 heavy (non-hydrogen) atoms. The normalized spacial score (nSPS) is 48.7. The van der Waals surface area contributed by atoms with Gasteiger partial charge in [0.2, 0.25) is 0 Å². The molecule has 0 amide bonds. The molecule has 4 saturated carbocycles. The van der Waals surface area contributed by atoms with Gasteiger partial charge in [0.25, 0.3) is 0 Å². The molecule has 182 valence electrons. The van der Waals surface area contributed by atoms with Crippen molar-refractivity contribution in [2.24, 2.45) is 28.6 Å². The summed E-state index contributed by atoms with van der Waals surface area (Å²) in [6.45, 7) is 2.44. The van der Waals surface area contributed by atoms with Crippen LogP contribution in [-0.2, 0) is 23.9 Å². The molecule has 4 fully saturated rings. The van der Waals surface area contributed by atoms with Crippen LogP contribution in [-0.4, -0.2) is 57.7 Å². The number of carbonyl (C=O) groups excluding carboxylic acids is 3. The number of aliphatic hydroxyl groups is 2. The molecule has 0 aromatic carbocycles. The van der Waals surface area contributed by atoms with Gasteiger partial charge in [-0.25, -0.2) is 4.79 Å². The molecule has 0 spiro atoms. The molecule has 5 aliphatic rings. The fraction of sp³-hybridized carbons (Fsp3) is 0.800. The summed E-state index contributed by atoms with van der Waals surface area (Å²) in [6.07, 6.45) is 7.33. The first-order valence-corrected chi connectivity index (χ1v) is 13.3. The van der Waals surface area contributed by atoms with E-state index in [0.29, 0.717) is 38.7 Å². The highest BCUT2D eigenvalue weighted by Gasteiger charge is 2.71. The molecule has 5 rings (SSSR count). The zero-order chi connectivity index (χ0) is 23.6. The van der Waals surface area contributed by atoms with Crippen molar-refractivity contribution in [3.8, 4) is 0 Å². The molecule has 4 aliphatic carbocycles. The molecule has 0 saturated heterocycles. The van der Waals surface area contributed by atoms with Gasteiger partial charge < -0.3 is 24.5 Å². The third-order valence-electron chi connectivity index (χ3n) is 10.2. The quantitative estimate of drug-likeness (QED) is 0.330. The van der Waals surface area contributed by atoms with Crippen molar-refractivity contribution in [1.82, 2.24) is 0 Å². The number of cyclic esters (lactones) is 1. The molecule has 1 heterocycles. The van der Waals surface area contributed by atoms with Gasteiger partial charge in [-0.05, 0) is 74.7 Å². The summed E-state index contributed by atoms with van der Waals surface area (Å²) in [7, 11) is 0. The zero-order valence-corrected chi connectivity index (χ0v) is 20.6. The van der Waals surface area contributed by atoms with E-state index in [1.165, 1.54) is 0 Å². The molecule has 1 aliphatic heterocycles. The summed E-state index contributed by atoms with van der Waals surface area (Å²) >= 11 is 3.11. The van der Waals surface area contributed by atoms with Crippen molar-refractivity contribution < 1.29 is 34.1 Å². The molecule has 0 radical (unpaired) electrons. The predicted molar refractivity (Wildman–Crippen MR) is 121 cm³/mol. The highest BCUT2D eigenvalue weighted by Crippen LogP contribution is 2.70. The molecule has 0 bridgehead atoms. The highest BCUT2D eigenvalue weighted by molar-refractivity contribution is 9.09. The van der Waals surface area contributed by atoms with Gasteiger partial charge in [0.05, 0.1) is 16.6 Å². The van der Waals surface area contributed by atoms with Crippen LogP contribution in [0.5, 0.6) is 0 Å². The number of aldehydes is 1. The Morgan fingerprint density at radius 1 is 1.18 bits per heavy atom. The van der Waals surface area contributed by atoms with Crippen LogP contribution in [0.15, 0.2) is 11.6 Å². The van der Waals surface area contributed by atoms with Gasteiger partial charge in [0.1, 0.15) is 24.3 Å². The van der Waals surface area contributed by atoms with Crippen molar-refractivity contribution in [3.63, 3.8) is 0 Å². The van der Waals surface area contributed by atoms with Crippen molar-refractivity contribution >= 4 is 34.2 Å². The Morgan fingerprint density at radius 3 is 2.61 bits per heavy atom. The lowest BCUT2D eigenvalue weighted by atomic mass is 9.41. The van der Waals surface area contributed by atoms with E-state index >= 15 is 0 Å².